The second-order valence-electron chi connectivity index (χ2n) is 8.20. The van der Waals surface area contributed by atoms with Crippen LogP contribution in [0.2, 0.25) is 0 Å². The molecule has 1 aromatic heterocycles. The molecule has 0 N–H and O–H groups in total. The quantitative estimate of drug-likeness (QED) is 0.166. The lowest BCUT2D eigenvalue weighted by atomic mass is 10.0. The van der Waals surface area contributed by atoms with Crippen molar-refractivity contribution < 1.29 is 35.5 Å². The van der Waals surface area contributed by atoms with Crippen LogP contribution in [0.25, 0.3) is 32.5 Å². The lowest BCUT2D eigenvalue weighted by Gasteiger charge is -2.16. The number of thiazole rings is 1. The summed E-state index contributed by atoms with van der Waals surface area (Å²) in [5.41, 5.74) is 1.22. The molecule has 0 aliphatic rings. The van der Waals surface area contributed by atoms with Crippen molar-refractivity contribution in [1.82, 2.24) is 4.98 Å². The molecule has 0 spiro atoms. The Morgan fingerprint density at radius 3 is 2.00 bits per heavy atom. The summed E-state index contributed by atoms with van der Waals surface area (Å²) in [6.45, 7) is 1.90. The van der Waals surface area contributed by atoms with Gasteiger partial charge in [0.15, 0.2) is 23.3 Å². The summed E-state index contributed by atoms with van der Waals surface area (Å²) in [4.78, 5) is 3.70. The predicted molar refractivity (Wildman–Crippen MR) is 126 cm³/mol. The zero-order chi connectivity index (χ0) is 26.5. The predicted octanol–water partition coefficient (Wildman–Crippen LogP) is 8.76. The molecule has 0 atom stereocenters. The van der Waals surface area contributed by atoms with Crippen LogP contribution in [-0.2, 0) is 6.11 Å². The van der Waals surface area contributed by atoms with E-state index in [9.17, 15) is 30.7 Å². The summed E-state index contributed by atoms with van der Waals surface area (Å²) in [5, 5.41) is -0.852. The second kappa shape index (κ2) is 9.19. The van der Waals surface area contributed by atoms with Crippen molar-refractivity contribution >= 4 is 21.6 Å². The van der Waals surface area contributed by atoms with Gasteiger partial charge in [0.2, 0.25) is 5.01 Å². The fraction of sp³-hybridized carbons (Fsp3) is 0.0741. The Morgan fingerprint density at radius 2 is 1.35 bits per heavy atom. The van der Waals surface area contributed by atoms with Crippen LogP contribution in [0.1, 0.15) is 10.6 Å². The van der Waals surface area contributed by atoms with Crippen LogP contribution >= 0.6 is 11.3 Å². The first-order chi connectivity index (χ1) is 17.5. The maximum absolute atomic E-state index is 14.9. The van der Waals surface area contributed by atoms with E-state index in [1.54, 1.807) is 12.1 Å². The smallest absolute Gasteiger partial charge is 0.427 e. The first-order valence-electron chi connectivity index (χ1n) is 10.7. The van der Waals surface area contributed by atoms with Crippen LogP contribution in [0.15, 0.2) is 66.7 Å². The number of hydrogen-bond donors (Lipinski definition) is 0. The van der Waals surface area contributed by atoms with Crippen LogP contribution in [0.3, 0.4) is 0 Å². The highest BCUT2D eigenvalue weighted by molar-refractivity contribution is 7.18. The van der Waals surface area contributed by atoms with Gasteiger partial charge in [0.1, 0.15) is 17.1 Å². The van der Waals surface area contributed by atoms with Gasteiger partial charge < -0.3 is 4.74 Å². The van der Waals surface area contributed by atoms with Gasteiger partial charge in [0.05, 0.1) is 4.70 Å². The Morgan fingerprint density at radius 1 is 0.703 bits per heavy atom. The standard InChI is InChI=1S/C27H14F7NOS/c1-13-2-4-14(5-3-13)15-8-22(31)25-23(11-15)37-26(35-25)27(33,34)36-17-6-7-18(19(28)12-17)16-9-20(29)24(32)21(30)10-16/h2-12H,1H3. The van der Waals surface area contributed by atoms with Gasteiger partial charge in [0.25, 0.3) is 0 Å². The highest BCUT2D eigenvalue weighted by Gasteiger charge is 2.39. The van der Waals surface area contributed by atoms with E-state index in [4.69, 9.17) is 0 Å². The number of rotatable bonds is 5. The minimum Gasteiger partial charge on any atom is -0.427 e. The molecule has 4 aromatic carbocycles. The van der Waals surface area contributed by atoms with E-state index in [2.05, 4.69) is 9.72 Å². The van der Waals surface area contributed by atoms with E-state index < -0.39 is 46.0 Å². The molecule has 0 aliphatic heterocycles. The third kappa shape index (κ3) is 4.76. The van der Waals surface area contributed by atoms with E-state index in [0.29, 0.717) is 40.7 Å². The molecule has 0 saturated carbocycles. The molecule has 1 heterocycles. The zero-order valence-corrected chi connectivity index (χ0v) is 19.6. The number of halogens is 7. The Kier molecular flexibility index (Phi) is 6.15. The number of benzene rings is 4. The van der Waals surface area contributed by atoms with Gasteiger partial charge in [-0.25, -0.2) is 26.9 Å². The minimum atomic E-state index is -4.05. The average Bonchev–Trinajstić information content (AvgIpc) is 3.29. The molecule has 0 bridgehead atoms. The molecule has 10 heteroatoms. The van der Waals surface area contributed by atoms with Crippen LogP contribution in [-0.4, -0.2) is 4.98 Å². The van der Waals surface area contributed by atoms with Crippen molar-refractivity contribution in [3.05, 3.63) is 106 Å². The fourth-order valence-corrected chi connectivity index (χ4v) is 4.65. The molecule has 0 fully saturated rings. The number of hydrogen-bond acceptors (Lipinski definition) is 3. The molecule has 0 amide bonds. The lowest BCUT2D eigenvalue weighted by Crippen LogP contribution is -2.21. The highest BCUT2D eigenvalue weighted by atomic mass is 32.1. The summed E-state index contributed by atoms with van der Waals surface area (Å²) in [6, 6.07) is 13.6. The van der Waals surface area contributed by atoms with Gasteiger partial charge >= 0.3 is 6.11 Å². The molecule has 0 radical (unpaired) electrons. The summed E-state index contributed by atoms with van der Waals surface area (Å²) in [6.07, 6.45) is -4.05. The van der Waals surface area contributed by atoms with Gasteiger partial charge in [-0.3, -0.25) is 0 Å². The van der Waals surface area contributed by atoms with Crippen LogP contribution in [0, 0.1) is 36.0 Å². The van der Waals surface area contributed by atoms with E-state index in [1.165, 1.54) is 12.1 Å². The van der Waals surface area contributed by atoms with Crippen LogP contribution in [0.5, 0.6) is 5.75 Å². The van der Waals surface area contributed by atoms with Crippen molar-refractivity contribution in [2.24, 2.45) is 0 Å². The molecule has 5 rings (SSSR count). The van der Waals surface area contributed by atoms with Crippen LogP contribution in [0.4, 0.5) is 30.7 Å². The second-order valence-corrected chi connectivity index (χ2v) is 9.23. The average molecular weight is 533 g/mol. The normalized spacial score (nSPS) is 11.8. The summed E-state index contributed by atoms with van der Waals surface area (Å²) in [5.74, 6) is -7.33. The Balaban J connectivity index is 1.44. The number of fused-ring (bicyclic) bond motifs is 1. The summed E-state index contributed by atoms with van der Waals surface area (Å²) >= 11 is 0.520. The van der Waals surface area contributed by atoms with E-state index in [0.717, 1.165) is 17.7 Å². The molecular weight excluding hydrogens is 519 g/mol. The fourth-order valence-electron chi connectivity index (χ4n) is 3.72. The maximum Gasteiger partial charge on any atom is 0.454 e. The van der Waals surface area contributed by atoms with Gasteiger partial charge in [-0.05, 0) is 60.0 Å². The van der Waals surface area contributed by atoms with Crippen LogP contribution < -0.4 is 4.74 Å². The molecular formula is C27H14F7NOS. The molecule has 188 valence electrons. The lowest BCUT2D eigenvalue weighted by molar-refractivity contribution is -0.185. The van der Waals surface area contributed by atoms with Gasteiger partial charge in [-0.1, -0.05) is 29.8 Å². The van der Waals surface area contributed by atoms with Crippen molar-refractivity contribution in [1.29, 1.82) is 0 Å². The Hall–Kier alpha value is -3.92. The third-order valence-corrected chi connectivity index (χ3v) is 6.62. The van der Waals surface area contributed by atoms with Crippen molar-refractivity contribution in [2.75, 3.05) is 0 Å². The molecule has 37 heavy (non-hydrogen) atoms. The van der Waals surface area contributed by atoms with E-state index >= 15 is 0 Å². The topological polar surface area (TPSA) is 22.1 Å². The molecule has 0 aliphatic carbocycles. The first-order valence-corrected chi connectivity index (χ1v) is 11.5. The number of ether oxygens (including phenoxy) is 1. The number of aromatic nitrogens is 1. The van der Waals surface area contributed by atoms with Crippen molar-refractivity contribution in [2.45, 2.75) is 13.0 Å². The molecule has 2 nitrogen and oxygen atoms in total. The van der Waals surface area contributed by atoms with Crippen molar-refractivity contribution in [3.8, 4) is 28.0 Å². The maximum atomic E-state index is 14.9. The summed E-state index contributed by atoms with van der Waals surface area (Å²) < 4.78 is 104. The highest BCUT2D eigenvalue weighted by Crippen LogP contribution is 2.39. The number of aryl methyl sites for hydroxylation is 1. The third-order valence-electron chi connectivity index (χ3n) is 5.56. The molecule has 5 aromatic rings. The zero-order valence-electron chi connectivity index (χ0n) is 18.8. The SMILES string of the molecule is Cc1ccc(-c2cc(F)c3nc(C(F)(F)Oc4ccc(-c5cc(F)c(F)c(F)c5)c(F)c4)sc3c2)cc1. The van der Waals surface area contributed by atoms with Gasteiger partial charge in [0, 0.05) is 11.6 Å². The molecule has 0 unspecified atom stereocenters. The minimum absolute atomic E-state index is 0.163. The summed E-state index contributed by atoms with van der Waals surface area (Å²) in [7, 11) is 0. The van der Waals surface area contributed by atoms with Crippen molar-refractivity contribution in [3.63, 3.8) is 0 Å². The van der Waals surface area contributed by atoms with Gasteiger partial charge in [-0.2, -0.15) is 8.78 Å². The Bertz CT molecular complexity index is 1620. The van der Waals surface area contributed by atoms with E-state index in [-0.39, 0.29) is 21.3 Å². The van der Waals surface area contributed by atoms with Gasteiger partial charge in [-0.15, -0.1) is 11.3 Å². The molecule has 0 saturated heterocycles. The van der Waals surface area contributed by atoms with E-state index in [1.807, 2.05) is 19.1 Å². The first kappa shape index (κ1) is 24.8. The number of alkyl halides is 2. The Labute approximate surface area is 209 Å². The number of nitrogens with zero attached hydrogens (tertiary/aromatic N) is 1. The monoisotopic (exact) mass is 533 g/mol. The largest absolute Gasteiger partial charge is 0.454 e.